The Balaban J connectivity index is 3.12. The van der Waals surface area contributed by atoms with Gasteiger partial charge in [-0.05, 0) is 22.9 Å². The molecular weight excluding hydrogens is 279 g/mol. The third-order valence-electron chi connectivity index (χ3n) is 1.56. The van der Waals surface area contributed by atoms with Crippen molar-refractivity contribution in [2.24, 2.45) is 0 Å². The van der Waals surface area contributed by atoms with Gasteiger partial charge >= 0.3 is 6.36 Å². The lowest BCUT2D eigenvalue weighted by atomic mass is 10.2. The second-order valence-corrected chi connectivity index (χ2v) is 3.42. The van der Waals surface area contributed by atoms with Gasteiger partial charge in [-0.2, -0.15) is 0 Å². The fourth-order valence-corrected chi connectivity index (χ4v) is 1.25. The van der Waals surface area contributed by atoms with Crippen molar-refractivity contribution in [1.29, 1.82) is 0 Å². The highest BCUT2D eigenvalue weighted by Crippen LogP contribution is 2.29. The van der Waals surface area contributed by atoms with E-state index in [-0.39, 0.29) is 15.6 Å². The van der Waals surface area contributed by atoms with Gasteiger partial charge in [0.1, 0.15) is 0 Å². The molecule has 0 aromatic carbocycles. The first-order chi connectivity index (χ1) is 6.85. The number of carbonyl (C=O) groups excluding carboxylic acids is 1. The zero-order valence-electron chi connectivity index (χ0n) is 7.43. The molecule has 3 nitrogen and oxygen atoms in total. The number of nitrogens with zero attached hydrogens (tertiary/aromatic N) is 1. The molecule has 0 bridgehead atoms. The van der Waals surface area contributed by atoms with Gasteiger partial charge in [0.15, 0.2) is 6.29 Å². The van der Waals surface area contributed by atoms with Gasteiger partial charge in [-0.15, -0.1) is 13.2 Å². The van der Waals surface area contributed by atoms with Gasteiger partial charge in [0.25, 0.3) is 0 Å². The molecule has 0 saturated heterocycles. The number of pyridine rings is 1. The number of aldehydes is 1. The molecule has 0 spiro atoms. The summed E-state index contributed by atoms with van der Waals surface area (Å²) in [5.74, 6) is -0.569. The van der Waals surface area contributed by atoms with Gasteiger partial charge in [0, 0.05) is 21.8 Å². The maximum absolute atomic E-state index is 11.9. The Kier molecular flexibility index (Phi) is 3.33. The van der Waals surface area contributed by atoms with E-state index < -0.39 is 12.2 Å². The molecule has 82 valence electrons. The molecule has 0 fully saturated rings. The van der Waals surface area contributed by atoms with Crippen LogP contribution in [0.3, 0.4) is 0 Å². The fourth-order valence-electron chi connectivity index (χ4n) is 0.887. The summed E-state index contributed by atoms with van der Waals surface area (Å²) in [5.41, 5.74) is 0.291. The van der Waals surface area contributed by atoms with Crippen LogP contribution in [0.2, 0.25) is 0 Å². The average molecular weight is 284 g/mol. The number of hydrogen-bond donors (Lipinski definition) is 0. The molecule has 0 aliphatic heterocycles. The smallest absolute Gasteiger partial charge is 0.388 e. The van der Waals surface area contributed by atoms with E-state index in [1.165, 1.54) is 6.92 Å². The first-order valence-electron chi connectivity index (χ1n) is 3.71. The molecule has 0 saturated carbocycles. The Morgan fingerprint density at radius 3 is 2.60 bits per heavy atom. The molecule has 0 radical (unpaired) electrons. The Morgan fingerprint density at radius 1 is 1.53 bits per heavy atom. The Morgan fingerprint density at radius 2 is 2.13 bits per heavy atom. The molecular formula is C8H5BrF3NO2. The minimum atomic E-state index is -4.79. The number of aromatic nitrogens is 1. The highest BCUT2D eigenvalue weighted by molar-refractivity contribution is 9.10. The zero-order valence-corrected chi connectivity index (χ0v) is 9.02. The van der Waals surface area contributed by atoms with Crippen molar-refractivity contribution in [2.75, 3.05) is 0 Å². The molecule has 0 aliphatic carbocycles. The van der Waals surface area contributed by atoms with Crippen molar-refractivity contribution in [2.45, 2.75) is 13.3 Å². The number of carbonyl (C=O) groups is 1. The van der Waals surface area contributed by atoms with Crippen LogP contribution in [-0.4, -0.2) is 17.6 Å². The molecule has 1 rings (SSSR count). The maximum atomic E-state index is 11.9. The Hall–Kier alpha value is -1.11. The molecule has 0 atom stereocenters. The molecule has 1 heterocycles. The maximum Gasteiger partial charge on any atom is 0.574 e. The van der Waals surface area contributed by atoms with Crippen LogP contribution in [0, 0.1) is 6.92 Å². The molecule has 1 aromatic heterocycles. The largest absolute Gasteiger partial charge is 0.574 e. The summed E-state index contributed by atoms with van der Waals surface area (Å²) in [4.78, 5) is 13.8. The third-order valence-corrected chi connectivity index (χ3v) is 2.62. The van der Waals surface area contributed by atoms with Gasteiger partial charge in [-0.3, -0.25) is 4.79 Å². The van der Waals surface area contributed by atoms with E-state index in [9.17, 15) is 18.0 Å². The lowest BCUT2D eigenvalue weighted by Gasteiger charge is -2.11. The van der Waals surface area contributed by atoms with Crippen LogP contribution in [-0.2, 0) is 0 Å². The monoisotopic (exact) mass is 283 g/mol. The fraction of sp³-hybridized carbons (Fsp3) is 0.250. The molecule has 15 heavy (non-hydrogen) atoms. The van der Waals surface area contributed by atoms with Crippen LogP contribution < -0.4 is 4.74 Å². The van der Waals surface area contributed by atoms with E-state index in [1.807, 2.05) is 0 Å². The second-order valence-electron chi connectivity index (χ2n) is 2.62. The summed E-state index contributed by atoms with van der Waals surface area (Å²) in [5, 5.41) is 0. The number of ether oxygens (including phenoxy) is 1. The molecule has 1 aromatic rings. The SMILES string of the molecule is Cc1c(OC(F)(F)F)ncc(C=O)c1Br. The van der Waals surface area contributed by atoms with E-state index in [0.717, 1.165) is 6.20 Å². The topological polar surface area (TPSA) is 39.2 Å². The van der Waals surface area contributed by atoms with Crippen molar-refractivity contribution >= 4 is 22.2 Å². The lowest BCUT2D eigenvalue weighted by molar-refractivity contribution is -0.276. The van der Waals surface area contributed by atoms with Gasteiger partial charge < -0.3 is 4.74 Å². The van der Waals surface area contributed by atoms with E-state index in [2.05, 4.69) is 25.7 Å². The summed E-state index contributed by atoms with van der Waals surface area (Å²) < 4.78 is 39.6. The van der Waals surface area contributed by atoms with Crippen LogP contribution >= 0.6 is 15.9 Å². The Bertz CT molecular complexity index is 392. The summed E-state index contributed by atoms with van der Waals surface area (Å²) in [6.45, 7) is 1.37. The highest BCUT2D eigenvalue weighted by atomic mass is 79.9. The summed E-state index contributed by atoms with van der Waals surface area (Å²) in [6.07, 6.45) is -3.30. The quantitative estimate of drug-likeness (QED) is 0.784. The molecule has 0 aliphatic rings. The Labute approximate surface area is 91.4 Å². The van der Waals surface area contributed by atoms with E-state index >= 15 is 0 Å². The number of hydrogen-bond acceptors (Lipinski definition) is 3. The number of rotatable bonds is 2. The summed E-state index contributed by atoms with van der Waals surface area (Å²) in [7, 11) is 0. The van der Waals surface area contributed by atoms with E-state index in [1.54, 1.807) is 0 Å². The van der Waals surface area contributed by atoms with Crippen molar-refractivity contribution < 1.29 is 22.7 Å². The van der Waals surface area contributed by atoms with Crippen LogP contribution in [0.25, 0.3) is 0 Å². The number of alkyl halides is 3. The van der Waals surface area contributed by atoms with Crippen LogP contribution in [0.4, 0.5) is 13.2 Å². The summed E-state index contributed by atoms with van der Waals surface area (Å²) >= 11 is 2.98. The van der Waals surface area contributed by atoms with Crippen molar-refractivity contribution in [3.63, 3.8) is 0 Å². The zero-order chi connectivity index (χ0) is 11.6. The minimum absolute atomic E-state index is 0.122. The predicted molar refractivity (Wildman–Crippen MR) is 48.7 cm³/mol. The molecule has 7 heteroatoms. The third kappa shape index (κ3) is 2.92. The van der Waals surface area contributed by atoms with Gasteiger partial charge in [-0.1, -0.05) is 0 Å². The van der Waals surface area contributed by atoms with Crippen LogP contribution in [0.5, 0.6) is 5.88 Å². The van der Waals surface area contributed by atoms with Crippen molar-refractivity contribution in [3.05, 3.63) is 21.8 Å². The first-order valence-corrected chi connectivity index (χ1v) is 4.50. The number of halogens is 4. The molecule has 0 N–H and O–H groups in total. The van der Waals surface area contributed by atoms with E-state index in [4.69, 9.17) is 0 Å². The predicted octanol–water partition coefficient (Wildman–Crippen LogP) is 2.86. The van der Waals surface area contributed by atoms with Crippen LogP contribution in [0.1, 0.15) is 15.9 Å². The average Bonchev–Trinajstić information content (AvgIpc) is 2.11. The normalized spacial score (nSPS) is 11.3. The van der Waals surface area contributed by atoms with Crippen LogP contribution in [0.15, 0.2) is 10.7 Å². The van der Waals surface area contributed by atoms with E-state index in [0.29, 0.717) is 6.29 Å². The molecule has 0 amide bonds. The van der Waals surface area contributed by atoms with Gasteiger partial charge in [0.2, 0.25) is 5.88 Å². The highest BCUT2D eigenvalue weighted by Gasteiger charge is 2.32. The van der Waals surface area contributed by atoms with Crippen molar-refractivity contribution in [1.82, 2.24) is 4.98 Å². The van der Waals surface area contributed by atoms with Crippen molar-refractivity contribution in [3.8, 4) is 5.88 Å². The summed E-state index contributed by atoms with van der Waals surface area (Å²) in [6, 6.07) is 0. The van der Waals surface area contributed by atoms with Gasteiger partial charge in [-0.25, -0.2) is 4.98 Å². The minimum Gasteiger partial charge on any atom is -0.388 e. The second kappa shape index (κ2) is 4.18. The van der Waals surface area contributed by atoms with Gasteiger partial charge in [0.05, 0.1) is 0 Å². The lowest BCUT2D eigenvalue weighted by Crippen LogP contribution is -2.18. The molecule has 0 unspecified atom stereocenters. The first kappa shape index (κ1) is 12.0. The standard InChI is InChI=1S/C8H5BrF3NO2/c1-4-6(9)5(3-14)2-13-7(4)15-8(10,11)12/h2-3H,1H3.